The van der Waals surface area contributed by atoms with E-state index in [2.05, 4.69) is 31.0 Å². The molecular weight excluding hydrogens is 236 g/mol. The van der Waals surface area contributed by atoms with E-state index < -0.39 is 0 Å². The highest BCUT2D eigenvalue weighted by Gasteiger charge is 2.17. The molecule has 1 heterocycles. The lowest BCUT2D eigenvalue weighted by Crippen LogP contribution is -2.33. The maximum Gasteiger partial charge on any atom is 0.0702 e. The van der Waals surface area contributed by atoms with Gasteiger partial charge in [0.1, 0.15) is 0 Å². The molecule has 0 aromatic carbocycles. The van der Waals surface area contributed by atoms with Crippen molar-refractivity contribution < 1.29 is 4.74 Å². The van der Waals surface area contributed by atoms with Crippen molar-refractivity contribution in [1.82, 2.24) is 10.2 Å². The van der Waals surface area contributed by atoms with E-state index in [-0.39, 0.29) is 0 Å². The van der Waals surface area contributed by atoms with Crippen molar-refractivity contribution >= 4 is 0 Å². The molecule has 114 valence electrons. The number of hydrogen-bond acceptors (Lipinski definition) is 3. The van der Waals surface area contributed by atoms with Crippen molar-refractivity contribution in [2.45, 2.75) is 59.0 Å². The topological polar surface area (TPSA) is 24.5 Å². The number of rotatable bonds is 11. The molecule has 3 nitrogen and oxygen atoms in total. The molecule has 1 aliphatic heterocycles. The molecule has 0 bridgehead atoms. The minimum Gasteiger partial charge on any atom is -0.377 e. The summed E-state index contributed by atoms with van der Waals surface area (Å²) in [6.45, 7) is 13.6. The molecule has 1 rings (SSSR count). The van der Waals surface area contributed by atoms with Crippen molar-refractivity contribution in [1.29, 1.82) is 0 Å². The molecule has 0 aliphatic carbocycles. The third-order valence-corrected chi connectivity index (χ3v) is 3.81. The van der Waals surface area contributed by atoms with Crippen LogP contribution in [0, 0.1) is 5.92 Å². The molecule has 1 unspecified atom stereocenters. The van der Waals surface area contributed by atoms with Crippen LogP contribution in [0.15, 0.2) is 0 Å². The number of likely N-dealkylation sites (N-methyl/N-ethyl adjacent to an activating group) is 1. The first-order valence-corrected chi connectivity index (χ1v) is 8.27. The number of nitrogens with one attached hydrogen (secondary N) is 1. The highest BCUT2D eigenvalue weighted by atomic mass is 16.5. The molecule has 1 N–H and O–H groups in total. The Hall–Kier alpha value is -0.120. The van der Waals surface area contributed by atoms with Gasteiger partial charge in [0.2, 0.25) is 0 Å². The van der Waals surface area contributed by atoms with Crippen molar-refractivity contribution in [3.63, 3.8) is 0 Å². The average molecular weight is 270 g/mol. The van der Waals surface area contributed by atoms with Crippen LogP contribution in [0.1, 0.15) is 52.9 Å². The second kappa shape index (κ2) is 10.6. The van der Waals surface area contributed by atoms with Crippen molar-refractivity contribution in [3.05, 3.63) is 0 Å². The summed E-state index contributed by atoms with van der Waals surface area (Å²) in [6.07, 6.45) is 6.99. The van der Waals surface area contributed by atoms with Gasteiger partial charge in [-0.1, -0.05) is 27.2 Å². The smallest absolute Gasteiger partial charge is 0.0702 e. The Balaban J connectivity index is 1.93. The average Bonchev–Trinajstić information content (AvgIpc) is 2.88. The predicted octanol–water partition coefficient (Wildman–Crippen LogP) is 2.90. The maximum atomic E-state index is 5.72. The molecule has 0 aromatic rings. The van der Waals surface area contributed by atoms with E-state index in [0.717, 1.165) is 32.2 Å². The number of nitrogens with zero attached hydrogens (tertiary/aromatic N) is 1. The highest BCUT2D eigenvalue weighted by Crippen LogP contribution is 2.13. The van der Waals surface area contributed by atoms with Gasteiger partial charge in [0.15, 0.2) is 0 Å². The number of hydrogen-bond donors (Lipinski definition) is 1. The molecule has 1 atom stereocenters. The minimum absolute atomic E-state index is 0.507. The van der Waals surface area contributed by atoms with Crippen LogP contribution >= 0.6 is 0 Å². The Morgan fingerprint density at radius 1 is 1.26 bits per heavy atom. The monoisotopic (exact) mass is 270 g/mol. The summed E-state index contributed by atoms with van der Waals surface area (Å²) in [7, 11) is 0. The van der Waals surface area contributed by atoms with Gasteiger partial charge < -0.3 is 15.0 Å². The van der Waals surface area contributed by atoms with E-state index in [1.807, 2.05) is 0 Å². The Morgan fingerprint density at radius 2 is 2.11 bits per heavy atom. The lowest BCUT2D eigenvalue weighted by atomic mass is 10.2. The van der Waals surface area contributed by atoms with Gasteiger partial charge in [0.25, 0.3) is 0 Å². The van der Waals surface area contributed by atoms with E-state index >= 15 is 0 Å². The normalized spacial score (nSPS) is 19.7. The summed E-state index contributed by atoms with van der Waals surface area (Å²) in [5.41, 5.74) is 0. The molecular formula is C16H34N2O. The van der Waals surface area contributed by atoms with Crippen LogP contribution in [-0.2, 0) is 4.74 Å². The van der Waals surface area contributed by atoms with Gasteiger partial charge in [0.05, 0.1) is 6.10 Å². The Morgan fingerprint density at radius 3 is 2.74 bits per heavy atom. The van der Waals surface area contributed by atoms with Crippen molar-refractivity contribution in [2.24, 2.45) is 5.92 Å². The molecule has 1 saturated heterocycles. The Labute approximate surface area is 120 Å². The molecule has 19 heavy (non-hydrogen) atoms. The summed E-state index contributed by atoms with van der Waals surface area (Å²) < 4.78 is 5.72. The van der Waals surface area contributed by atoms with Crippen LogP contribution < -0.4 is 5.32 Å². The van der Waals surface area contributed by atoms with Crippen LogP contribution in [0.25, 0.3) is 0 Å². The Bertz CT molecular complexity index is 203. The van der Waals surface area contributed by atoms with Crippen LogP contribution in [0.4, 0.5) is 0 Å². The quantitative estimate of drug-likeness (QED) is 0.584. The number of unbranched alkanes of at least 4 members (excludes halogenated alkanes) is 2. The minimum atomic E-state index is 0.507. The van der Waals surface area contributed by atoms with Crippen molar-refractivity contribution in [2.75, 3.05) is 39.3 Å². The van der Waals surface area contributed by atoms with E-state index in [0.29, 0.717) is 6.10 Å². The van der Waals surface area contributed by atoms with E-state index in [4.69, 9.17) is 4.74 Å². The van der Waals surface area contributed by atoms with E-state index in [1.54, 1.807) is 0 Å². The lowest BCUT2D eigenvalue weighted by Gasteiger charge is -2.23. The van der Waals surface area contributed by atoms with Gasteiger partial charge in [0, 0.05) is 13.2 Å². The zero-order valence-corrected chi connectivity index (χ0v) is 13.3. The van der Waals surface area contributed by atoms with Gasteiger partial charge >= 0.3 is 0 Å². The molecule has 0 amide bonds. The van der Waals surface area contributed by atoms with E-state index in [1.165, 1.54) is 45.2 Å². The molecule has 3 heteroatoms. The number of ether oxygens (including phenoxy) is 1. The highest BCUT2D eigenvalue weighted by molar-refractivity contribution is 4.70. The van der Waals surface area contributed by atoms with Crippen LogP contribution in [0.5, 0.6) is 0 Å². The largest absolute Gasteiger partial charge is 0.377 e. The zero-order valence-electron chi connectivity index (χ0n) is 13.3. The zero-order chi connectivity index (χ0) is 13.9. The van der Waals surface area contributed by atoms with Crippen LogP contribution in [0.2, 0.25) is 0 Å². The summed E-state index contributed by atoms with van der Waals surface area (Å²) >= 11 is 0. The van der Waals surface area contributed by atoms with Gasteiger partial charge in [-0.25, -0.2) is 0 Å². The second-order valence-corrected chi connectivity index (χ2v) is 6.19. The third kappa shape index (κ3) is 8.61. The second-order valence-electron chi connectivity index (χ2n) is 6.19. The molecule has 0 radical (unpaired) electrons. The van der Waals surface area contributed by atoms with Crippen molar-refractivity contribution in [3.8, 4) is 0 Å². The molecule has 1 aliphatic rings. The predicted molar refractivity (Wildman–Crippen MR) is 82.6 cm³/mol. The fourth-order valence-electron chi connectivity index (χ4n) is 2.61. The van der Waals surface area contributed by atoms with E-state index in [9.17, 15) is 0 Å². The molecule has 0 spiro atoms. The molecule has 1 fully saturated rings. The Kier molecular flexibility index (Phi) is 9.48. The van der Waals surface area contributed by atoms with Gasteiger partial charge in [-0.15, -0.1) is 0 Å². The van der Waals surface area contributed by atoms with Crippen LogP contribution in [-0.4, -0.2) is 50.3 Å². The fraction of sp³-hybridized carbons (Fsp3) is 1.00. The molecule has 0 aromatic heterocycles. The summed E-state index contributed by atoms with van der Waals surface area (Å²) in [5.74, 6) is 0.766. The van der Waals surface area contributed by atoms with Gasteiger partial charge in [-0.05, 0) is 57.8 Å². The molecule has 0 saturated carbocycles. The SMILES string of the molecule is CCN(CCCCCNCC(C)C)CC1CCCO1. The first kappa shape index (κ1) is 16.9. The first-order valence-electron chi connectivity index (χ1n) is 8.27. The first-order chi connectivity index (χ1) is 9.22. The summed E-state index contributed by atoms with van der Waals surface area (Å²) in [6, 6.07) is 0. The van der Waals surface area contributed by atoms with Crippen LogP contribution in [0.3, 0.4) is 0 Å². The standard InChI is InChI=1S/C16H34N2O/c1-4-18(14-16-9-8-12-19-16)11-7-5-6-10-17-13-15(2)3/h15-17H,4-14H2,1-3H3. The summed E-state index contributed by atoms with van der Waals surface area (Å²) in [5, 5.41) is 3.51. The maximum absolute atomic E-state index is 5.72. The van der Waals surface area contributed by atoms with Gasteiger partial charge in [-0.3, -0.25) is 0 Å². The van der Waals surface area contributed by atoms with Gasteiger partial charge in [-0.2, -0.15) is 0 Å². The fourth-order valence-corrected chi connectivity index (χ4v) is 2.61. The third-order valence-electron chi connectivity index (χ3n) is 3.81. The summed E-state index contributed by atoms with van der Waals surface area (Å²) in [4.78, 5) is 2.55. The lowest BCUT2D eigenvalue weighted by molar-refractivity contribution is 0.0742.